The molecule has 0 saturated carbocycles. The minimum Gasteiger partial charge on any atom is -0.391 e. The molecule has 0 aromatic heterocycles. The van der Waals surface area contributed by atoms with E-state index in [0.717, 1.165) is 12.0 Å². The van der Waals surface area contributed by atoms with Crippen molar-refractivity contribution in [3.63, 3.8) is 0 Å². The molecule has 0 spiro atoms. The van der Waals surface area contributed by atoms with Crippen LogP contribution in [-0.2, 0) is 13.8 Å². The molecule has 0 aliphatic heterocycles. The third-order valence-electron chi connectivity index (χ3n) is 0.789. The molecule has 5 nitrogen and oxygen atoms in total. The Hall–Kier alpha value is -0.750. The second-order valence-corrected chi connectivity index (χ2v) is 2.60. The summed E-state index contributed by atoms with van der Waals surface area (Å²) in [5.74, 6) is -0.842. The molecular weight excluding hydrogens is 168 g/mol. The van der Waals surface area contributed by atoms with Gasteiger partial charge in [0.1, 0.15) is 0 Å². The maximum atomic E-state index is 10.3. The lowest BCUT2D eigenvalue weighted by Crippen LogP contribution is -2.38. The predicted molar refractivity (Wildman–Crippen MR) is 41.4 cm³/mol. The van der Waals surface area contributed by atoms with Gasteiger partial charge >= 0.3 is 5.97 Å². The SMILES string of the molecule is CC(=O)OSC[C@H](N)C(N)=O. The number of amides is 1. The van der Waals surface area contributed by atoms with Crippen molar-refractivity contribution < 1.29 is 13.8 Å². The second kappa shape index (κ2) is 4.97. The molecule has 0 unspecified atom stereocenters. The molecule has 1 amide bonds. The Morgan fingerprint density at radius 2 is 2.18 bits per heavy atom. The van der Waals surface area contributed by atoms with E-state index in [2.05, 4.69) is 4.18 Å². The van der Waals surface area contributed by atoms with Gasteiger partial charge in [0.2, 0.25) is 5.91 Å². The lowest BCUT2D eigenvalue weighted by Gasteiger charge is -2.04. The number of rotatable bonds is 4. The van der Waals surface area contributed by atoms with Gasteiger partial charge in [-0.15, -0.1) is 0 Å². The molecule has 0 saturated heterocycles. The quantitative estimate of drug-likeness (QED) is 0.539. The third kappa shape index (κ3) is 5.68. The van der Waals surface area contributed by atoms with E-state index in [1.807, 2.05) is 0 Å². The zero-order valence-electron chi connectivity index (χ0n) is 6.07. The molecule has 1 atom stereocenters. The summed E-state index contributed by atoms with van der Waals surface area (Å²) in [6.45, 7) is 1.27. The Morgan fingerprint density at radius 1 is 1.64 bits per heavy atom. The van der Waals surface area contributed by atoms with Crippen LogP contribution in [0.25, 0.3) is 0 Å². The van der Waals surface area contributed by atoms with Crippen LogP contribution < -0.4 is 11.5 Å². The van der Waals surface area contributed by atoms with Crippen LogP contribution in [0.1, 0.15) is 6.92 Å². The number of carbonyl (C=O) groups excluding carboxylic acids is 2. The van der Waals surface area contributed by atoms with E-state index >= 15 is 0 Å². The minimum atomic E-state index is -0.764. The lowest BCUT2D eigenvalue weighted by molar-refractivity contribution is -0.130. The van der Waals surface area contributed by atoms with Gasteiger partial charge in [0.05, 0.1) is 23.8 Å². The van der Waals surface area contributed by atoms with Gasteiger partial charge in [-0.2, -0.15) is 0 Å². The van der Waals surface area contributed by atoms with E-state index in [1.165, 1.54) is 6.92 Å². The molecule has 64 valence electrons. The topological polar surface area (TPSA) is 95.4 Å². The average molecular weight is 178 g/mol. The number of primary amides is 1. The van der Waals surface area contributed by atoms with E-state index in [-0.39, 0.29) is 5.75 Å². The van der Waals surface area contributed by atoms with Crippen LogP contribution in [0, 0.1) is 0 Å². The zero-order chi connectivity index (χ0) is 8.85. The minimum absolute atomic E-state index is 0.189. The standard InChI is InChI=1S/C5H10N2O3S/c1-3(8)10-11-2-4(6)5(7)9/h4H,2,6H2,1H3,(H2,7,9)/t4-/m0/s1. The molecule has 0 rings (SSSR count). The Labute approximate surface area is 68.6 Å². The third-order valence-corrected chi connectivity index (χ3v) is 1.64. The fraction of sp³-hybridized carbons (Fsp3) is 0.600. The fourth-order valence-electron chi connectivity index (χ4n) is 0.272. The largest absolute Gasteiger partial charge is 0.391 e. The Morgan fingerprint density at radius 3 is 2.55 bits per heavy atom. The van der Waals surface area contributed by atoms with Crippen LogP contribution in [0.5, 0.6) is 0 Å². The van der Waals surface area contributed by atoms with Gasteiger partial charge in [-0.05, 0) is 0 Å². The van der Waals surface area contributed by atoms with Gasteiger partial charge in [-0.3, -0.25) is 9.59 Å². The molecular formula is C5H10N2O3S. The number of hydrogen-bond donors (Lipinski definition) is 2. The first-order valence-corrected chi connectivity index (χ1v) is 3.80. The maximum absolute atomic E-state index is 10.3. The number of nitrogens with two attached hydrogens (primary N) is 2. The van der Waals surface area contributed by atoms with E-state index in [9.17, 15) is 9.59 Å². The molecule has 0 fully saturated rings. The van der Waals surface area contributed by atoms with Crippen molar-refractivity contribution in [2.24, 2.45) is 11.5 Å². The van der Waals surface area contributed by atoms with Crippen LogP contribution in [0.4, 0.5) is 0 Å². The van der Waals surface area contributed by atoms with Crippen LogP contribution in [0.2, 0.25) is 0 Å². The monoisotopic (exact) mass is 178 g/mol. The van der Waals surface area contributed by atoms with Crippen LogP contribution >= 0.6 is 12.0 Å². The molecule has 0 heterocycles. The van der Waals surface area contributed by atoms with Crippen molar-refractivity contribution in [3.8, 4) is 0 Å². The van der Waals surface area contributed by atoms with Crippen LogP contribution in [0.15, 0.2) is 0 Å². The molecule has 6 heteroatoms. The second-order valence-electron chi connectivity index (χ2n) is 1.87. The van der Waals surface area contributed by atoms with Crippen molar-refractivity contribution in [1.82, 2.24) is 0 Å². The maximum Gasteiger partial charge on any atom is 0.314 e. The zero-order valence-corrected chi connectivity index (χ0v) is 6.89. The van der Waals surface area contributed by atoms with E-state index < -0.39 is 17.9 Å². The van der Waals surface area contributed by atoms with Crippen LogP contribution in [-0.4, -0.2) is 23.7 Å². The van der Waals surface area contributed by atoms with Gasteiger partial charge in [-0.1, -0.05) is 0 Å². The van der Waals surface area contributed by atoms with Crippen molar-refractivity contribution in [3.05, 3.63) is 0 Å². The number of carbonyl (C=O) groups is 2. The van der Waals surface area contributed by atoms with Gasteiger partial charge in [0, 0.05) is 6.92 Å². The van der Waals surface area contributed by atoms with Crippen molar-refractivity contribution >= 4 is 23.9 Å². The summed E-state index contributed by atoms with van der Waals surface area (Å²) in [6, 6.07) is -0.764. The Balaban J connectivity index is 3.39. The van der Waals surface area contributed by atoms with Gasteiger partial charge < -0.3 is 15.7 Å². The summed E-state index contributed by atoms with van der Waals surface area (Å²) >= 11 is 0.822. The molecule has 11 heavy (non-hydrogen) atoms. The normalized spacial score (nSPS) is 12.2. The molecule has 4 N–H and O–H groups in total. The summed E-state index contributed by atoms with van der Waals surface area (Å²) in [4.78, 5) is 20.5. The van der Waals surface area contributed by atoms with E-state index in [1.54, 1.807) is 0 Å². The van der Waals surface area contributed by atoms with Gasteiger partial charge in [-0.25, -0.2) is 0 Å². The van der Waals surface area contributed by atoms with Crippen molar-refractivity contribution in [1.29, 1.82) is 0 Å². The predicted octanol–water partition coefficient (Wildman–Crippen LogP) is -0.990. The Kier molecular flexibility index (Phi) is 4.64. The van der Waals surface area contributed by atoms with Crippen LogP contribution in [0.3, 0.4) is 0 Å². The summed E-state index contributed by atoms with van der Waals surface area (Å²) in [5.41, 5.74) is 10.1. The molecule has 0 aliphatic rings. The molecule has 0 aromatic carbocycles. The first-order valence-electron chi connectivity index (χ1n) is 2.89. The highest BCUT2D eigenvalue weighted by atomic mass is 32.2. The van der Waals surface area contributed by atoms with E-state index in [4.69, 9.17) is 11.5 Å². The first kappa shape index (κ1) is 10.2. The highest BCUT2D eigenvalue weighted by Crippen LogP contribution is 2.03. The molecule has 0 bridgehead atoms. The molecule has 0 aliphatic carbocycles. The summed E-state index contributed by atoms with van der Waals surface area (Å²) in [7, 11) is 0. The van der Waals surface area contributed by atoms with Crippen molar-refractivity contribution in [2.45, 2.75) is 13.0 Å². The Bertz CT molecular complexity index is 162. The summed E-state index contributed by atoms with van der Waals surface area (Å²) in [6.07, 6.45) is 0. The first-order chi connectivity index (χ1) is 5.04. The number of hydrogen-bond acceptors (Lipinski definition) is 5. The molecule has 0 radical (unpaired) electrons. The van der Waals surface area contributed by atoms with Crippen molar-refractivity contribution in [2.75, 3.05) is 5.75 Å². The smallest absolute Gasteiger partial charge is 0.314 e. The average Bonchev–Trinajstić information content (AvgIpc) is 1.86. The van der Waals surface area contributed by atoms with Gasteiger partial charge in [0.25, 0.3) is 0 Å². The fourth-order valence-corrected chi connectivity index (χ4v) is 0.817. The summed E-state index contributed by atoms with van der Waals surface area (Å²) < 4.78 is 4.45. The summed E-state index contributed by atoms with van der Waals surface area (Å²) in [5, 5.41) is 0. The molecule has 0 aromatic rings. The highest BCUT2D eigenvalue weighted by molar-refractivity contribution is 7.95. The van der Waals surface area contributed by atoms with Gasteiger partial charge in [0.15, 0.2) is 0 Å². The lowest BCUT2D eigenvalue weighted by atomic mass is 10.4. The van der Waals surface area contributed by atoms with E-state index in [0.29, 0.717) is 0 Å². The highest BCUT2D eigenvalue weighted by Gasteiger charge is 2.09.